The van der Waals surface area contributed by atoms with E-state index in [9.17, 15) is 0 Å². The average molecular weight is 245 g/mol. The lowest BCUT2D eigenvalue weighted by molar-refractivity contribution is 0.506. The molecule has 3 heteroatoms. The van der Waals surface area contributed by atoms with Crippen LogP contribution in [0.15, 0.2) is 18.2 Å². The zero-order chi connectivity index (χ0) is 13.3. The van der Waals surface area contributed by atoms with E-state index in [-0.39, 0.29) is 0 Å². The molecule has 1 heterocycles. The van der Waals surface area contributed by atoms with Crippen molar-refractivity contribution in [2.24, 2.45) is 11.7 Å². The van der Waals surface area contributed by atoms with E-state index in [4.69, 9.17) is 5.73 Å². The maximum atomic E-state index is 5.89. The summed E-state index contributed by atoms with van der Waals surface area (Å²) in [6.07, 6.45) is 0. The van der Waals surface area contributed by atoms with E-state index in [1.165, 1.54) is 11.1 Å². The molecule has 98 valence electrons. The van der Waals surface area contributed by atoms with Crippen LogP contribution in [0.2, 0.25) is 0 Å². The van der Waals surface area contributed by atoms with E-state index in [0.717, 1.165) is 17.9 Å². The maximum absolute atomic E-state index is 5.89. The van der Waals surface area contributed by atoms with Gasteiger partial charge in [-0.3, -0.25) is 0 Å². The number of fused-ring (bicyclic) bond motifs is 1. The molecular weight excluding hydrogens is 222 g/mol. The lowest BCUT2D eigenvalue weighted by atomic mass is 9.88. The molecule has 0 aliphatic carbocycles. The molecule has 0 amide bonds. The third kappa shape index (κ3) is 2.15. The fraction of sp³-hybridized carbons (Fsp3) is 0.533. The van der Waals surface area contributed by atoms with Crippen molar-refractivity contribution in [3.8, 4) is 0 Å². The number of aromatic nitrogens is 2. The Bertz CT molecular complexity index is 540. The second-order valence-electron chi connectivity index (χ2n) is 5.24. The van der Waals surface area contributed by atoms with Crippen LogP contribution < -0.4 is 5.73 Å². The molecule has 0 saturated heterocycles. The predicted molar refractivity (Wildman–Crippen MR) is 76.8 cm³/mol. The molecule has 0 saturated carbocycles. The van der Waals surface area contributed by atoms with Crippen LogP contribution >= 0.6 is 0 Å². The van der Waals surface area contributed by atoms with E-state index in [1.807, 2.05) is 0 Å². The van der Waals surface area contributed by atoms with Crippen LogP contribution in [0.1, 0.15) is 38.1 Å². The lowest BCUT2D eigenvalue weighted by Gasteiger charge is -2.19. The number of imidazole rings is 1. The molecule has 0 aliphatic rings. The standard InChI is InChI=1S/C15H23N3/c1-5-18-11(4)17-14-8-12(6-7-15(14)18)13(9-16)10(2)3/h6-8,10,13H,5,9,16H2,1-4H3. The fourth-order valence-corrected chi connectivity index (χ4v) is 2.69. The SMILES string of the molecule is CCn1c(C)nc2cc(C(CN)C(C)C)ccc21. The minimum atomic E-state index is 0.418. The Morgan fingerprint density at radius 2 is 2.06 bits per heavy atom. The molecule has 0 aliphatic heterocycles. The molecule has 0 fully saturated rings. The zero-order valence-electron chi connectivity index (χ0n) is 11.8. The summed E-state index contributed by atoms with van der Waals surface area (Å²) in [6.45, 7) is 10.3. The summed E-state index contributed by atoms with van der Waals surface area (Å²) < 4.78 is 2.24. The topological polar surface area (TPSA) is 43.8 Å². The van der Waals surface area contributed by atoms with Crippen LogP contribution in [0.5, 0.6) is 0 Å². The molecule has 0 radical (unpaired) electrons. The highest BCUT2D eigenvalue weighted by atomic mass is 15.1. The van der Waals surface area contributed by atoms with E-state index in [0.29, 0.717) is 18.4 Å². The van der Waals surface area contributed by atoms with E-state index in [2.05, 4.69) is 55.4 Å². The smallest absolute Gasteiger partial charge is 0.106 e. The first-order chi connectivity index (χ1) is 8.58. The van der Waals surface area contributed by atoms with Gasteiger partial charge in [0.15, 0.2) is 0 Å². The van der Waals surface area contributed by atoms with Crippen LogP contribution in [0.4, 0.5) is 0 Å². The highest BCUT2D eigenvalue weighted by Gasteiger charge is 2.15. The number of rotatable bonds is 4. The molecule has 1 aromatic carbocycles. The first kappa shape index (κ1) is 13.1. The Morgan fingerprint density at radius 3 is 2.61 bits per heavy atom. The monoisotopic (exact) mass is 245 g/mol. The fourth-order valence-electron chi connectivity index (χ4n) is 2.69. The molecule has 0 spiro atoms. The Kier molecular flexibility index (Phi) is 3.71. The van der Waals surface area contributed by atoms with Crippen molar-refractivity contribution in [2.45, 2.75) is 40.2 Å². The van der Waals surface area contributed by atoms with E-state index in [1.54, 1.807) is 0 Å². The lowest BCUT2D eigenvalue weighted by Crippen LogP contribution is -2.17. The summed E-state index contributed by atoms with van der Waals surface area (Å²) in [6, 6.07) is 6.58. The largest absolute Gasteiger partial charge is 0.330 e. The number of nitrogens with zero attached hydrogens (tertiary/aromatic N) is 2. The van der Waals surface area contributed by atoms with Gasteiger partial charge in [0.1, 0.15) is 5.82 Å². The van der Waals surface area contributed by atoms with Crippen LogP contribution in [0.3, 0.4) is 0 Å². The van der Waals surface area contributed by atoms with Crippen molar-refractivity contribution < 1.29 is 0 Å². The second kappa shape index (κ2) is 5.11. The van der Waals surface area contributed by atoms with Crippen LogP contribution in [-0.4, -0.2) is 16.1 Å². The van der Waals surface area contributed by atoms with Crippen molar-refractivity contribution in [1.29, 1.82) is 0 Å². The third-order valence-electron chi connectivity index (χ3n) is 3.77. The number of benzene rings is 1. The van der Waals surface area contributed by atoms with Gasteiger partial charge in [-0.25, -0.2) is 4.98 Å². The molecule has 1 atom stereocenters. The quantitative estimate of drug-likeness (QED) is 0.899. The molecule has 2 N–H and O–H groups in total. The summed E-state index contributed by atoms with van der Waals surface area (Å²) in [5, 5.41) is 0. The molecule has 2 aromatic rings. The molecule has 1 unspecified atom stereocenters. The zero-order valence-corrected chi connectivity index (χ0v) is 11.8. The third-order valence-corrected chi connectivity index (χ3v) is 3.77. The molecular formula is C15H23N3. The Morgan fingerprint density at radius 1 is 1.33 bits per heavy atom. The van der Waals surface area contributed by atoms with Gasteiger partial charge in [-0.2, -0.15) is 0 Å². The number of nitrogens with two attached hydrogens (primary N) is 1. The van der Waals surface area contributed by atoms with Crippen LogP contribution in [0.25, 0.3) is 11.0 Å². The van der Waals surface area contributed by atoms with Gasteiger partial charge in [-0.05, 0) is 49.9 Å². The Labute approximate surface area is 109 Å². The van der Waals surface area contributed by atoms with Gasteiger partial charge in [0, 0.05) is 6.54 Å². The van der Waals surface area contributed by atoms with Gasteiger partial charge in [0.2, 0.25) is 0 Å². The summed E-state index contributed by atoms with van der Waals surface area (Å²) in [7, 11) is 0. The number of aryl methyl sites for hydroxylation is 2. The summed E-state index contributed by atoms with van der Waals surface area (Å²) >= 11 is 0. The summed E-state index contributed by atoms with van der Waals surface area (Å²) in [5.74, 6) is 2.06. The van der Waals surface area contributed by atoms with E-state index < -0.39 is 0 Å². The van der Waals surface area contributed by atoms with Crippen molar-refractivity contribution in [3.63, 3.8) is 0 Å². The Balaban J connectivity index is 2.51. The summed E-state index contributed by atoms with van der Waals surface area (Å²) in [4.78, 5) is 4.64. The molecule has 2 rings (SSSR count). The summed E-state index contributed by atoms with van der Waals surface area (Å²) in [5.41, 5.74) is 9.50. The number of hydrogen-bond acceptors (Lipinski definition) is 2. The highest BCUT2D eigenvalue weighted by Crippen LogP contribution is 2.26. The molecule has 1 aromatic heterocycles. The highest BCUT2D eigenvalue weighted by molar-refractivity contribution is 5.77. The van der Waals surface area contributed by atoms with Crippen molar-refractivity contribution in [2.75, 3.05) is 6.54 Å². The van der Waals surface area contributed by atoms with Gasteiger partial charge in [-0.1, -0.05) is 19.9 Å². The van der Waals surface area contributed by atoms with Gasteiger partial charge in [-0.15, -0.1) is 0 Å². The second-order valence-corrected chi connectivity index (χ2v) is 5.24. The van der Waals surface area contributed by atoms with Gasteiger partial charge < -0.3 is 10.3 Å². The van der Waals surface area contributed by atoms with Gasteiger partial charge in [0.25, 0.3) is 0 Å². The molecule has 3 nitrogen and oxygen atoms in total. The first-order valence-corrected chi connectivity index (χ1v) is 6.75. The normalized spacial score (nSPS) is 13.4. The Hall–Kier alpha value is -1.35. The average Bonchev–Trinajstić information content (AvgIpc) is 2.64. The molecule has 0 bridgehead atoms. The first-order valence-electron chi connectivity index (χ1n) is 6.75. The maximum Gasteiger partial charge on any atom is 0.106 e. The van der Waals surface area contributed by atoms with Gasteiger partial charge >= 0.3 is 0 Å². The van der Waals surface area contributed by atoms with Gasteiger partial charge in [0.05, 0.1) is 11.0 Å². The van der Waals surface area contributed by atoms with Crippen molar-refractivity contribution in [1.82, 2.24) is 9.55 Å². The van der Waals surface area contributed by atoms with Crippen LogP contribution in [0, 0.1) is 12.8 Å². The van der Waals surface area contributed by atoms with Crippen molar-refractivity contribution in [3.05, 3.63) is 29.6 Å². The van der Waals surface area contributed by atoms with Crippen LogP contribution in [-0.2, 0) is 6.54 Å². The van der Waals surface area contributed by atoms with Crippen molar-refractivity contribution >= 4 is 11.0 Å². The minimum absolute atomic E-state index is 0.418. The number of hydrogen-bond donors (Lipinski definition) is 1. The van der Waals surface area contributed by atoms with E-state index >= 15 is 0 Å². The molecule has 18 heavy (non-hydrogen) atoms. The predicted octanol–water partition coefficient (Wildman–Crippen LogP) is 3.06. The minimum Gasteiger partial charge on any atom is -0.330 e.